The number of amides is 1. The number of hydrazine groups is 1. The molecule has 0 saturated heterocycles. The largest absolute Gasteiger partial charge is 0.485 e. The first-order valence-corrected chi connectivity index (χ1v) is 5.90. The second-order valence-electron chi connectivity index (χ2n) is 4.25. The molecular formula is C14H16N2O3. The molecule has 0 unspecified atom stereocenters. The minimum absolute atomic E-state index is 0.214. The topological polar surface area (TPSA) is 77.5 Å². The molecule has 100 valence electrons. The molecule has 0 bridgehead atoms. The van der Waals surface area contributed by atoms with Gasteiger partial charge in [0.25, 0.3) is 0 Å². The zero-order chi connectivity index (χ0) is 13.8. The Hall–Kier alpha value is -2.27. The Balaban J connectivity index is 2.09. The van der Waals surface area contributed by atoms with Gasteiger partial charge in [0.2, 0.25) is 0 Å². The molecule has 1 heterocycles. The van der Waals surface area contributed by atoms with Crippen LogP contribution in [0.15, 0.2) is 34.7 Å². The second kappa shape index (κ2) is 5.58. The summed E-state index contributed by atoms with van der Waals surface area (Å²) >= 11 is 0. The van der Waals surface area contributed by atoms with E-state index in [0.717, 1.165) is 16.9 Å². The van der Waals surface area contributed by atoms with Gasteiger partial charge in [-0.3, -0.25) is 10.2 Å². The molecular weight excluding hydrogens is 244 g/mol. The molecule has 1 aromatic heterocycles. The molecule has 0 spiro atoms. The number of ether oxygens (including phenoxy) is 1. The zero-order valence-electron chi connectivity index (χ0n) is 10.9. The maximum Gasteiger partial charge on any atom is 0.301 e. The molecule has 0 atom stereocenters. The fourth-order valence-electron chi connectivity index (χ4n) is 1.78. The van der Waals surface area contributed by atoms with E-state index < -0.39 is 5.91 Å². The Kier molecular flexibility index (Phi) is 3.87. The van der Waals surface area contributed by atoms with Crippen molar-refractivity contribution in [3.8, 4) is 5.75 Å². The third-order valence-electron chi connectivity index (χ3n) is 2.77. The molecule has 0 aliphatic heterocycles. The molecule has 5 nitrogen and oxygen atoms in total. The highest BCUT2D eigenvalue weighted by molar-refractivity contribution is 5.92. The van der Waals surface area contributed by atoms with Crippen molar-refractivity contribution in [1.82, 2.24) is 5.43 Å². The minimum atomic E-state index is -0.445. The van der Waals surface area contributed by atoms with E-state index in [-0.39, 0.29) is 12.4 Å². The summed E-state index contributed by atoms with van der Waals surface area (Å²) in [6, 6.07) is 9.48. The van der Waals surface area contributed by atoms with E-state index in [4.69, 9.17) is 15.0 Å². The quantitative estimate of drug-likeness (QED) is 0.501. The summed E-state index contributed by atoms with van der Waals surface area (Å²) in [6.07, 6.45) is 0. The van der Waals surface area contributed by atoms with E-state index in [1.807, 2.05) is 36.6 Å². The summed E-state index contributed by atoms with van der Waals surface area (Å²) in [6.45, 7) is 4.02. The summed E-state index contributed by atoms with van der Waals surface area (Å²) in [5.74, 6) is 6.22. The van der Waals surface area contributed by atoms with Crippen LogP contribution in [-0.4, -0.2) is 5.91 Å². The Labute approximate surface area is 111 Å². The van der Waals surface area contributed by atoms with Crippen molar-refractivity contribution >= 4 is 5.91 Å². The normalized spacial score (nSPS) is 10.3. The van der Waals surface area contributed by atoms with Crippen LogP contribution in [0.4, 0.5) is 0 Å². The number of nitrogen functional groups attached to an aromatic ring is 1. The number of nitrogens with two attached hydrogens (primary N) is 1. The van der Waals surface area contributed by atoms with E-state index in [0.29, 0.717) is 5.76 Å². The molecule has 5 heteroatoms. The van der Waals surface area contributed by atoms with Gasteiger partial charge in [-0.2, -0.15) is 0 Å². The van der Waals surface area contributed by atoms with Crippen LogP contribution in [0.3, 0.4) is 0 Å². The van der Waals surface area contributed by atoms with Crippen molar-refractivity contribution in [3.05, 3.63) is 53.0 Å². The van der Waals surface area contributed by atoms with Gasteiger partial charge >= 0.3 is 5.91 Å². The van der Waals surface area contributed by atoms with Gasteiger partial charge in [0.05, 0.1) is 0 Å². The monoisotopic (exact) mass is 260 g/mol. The predicted molar refractivity (Wildman–Crippen MR) is 70.6 cm³/mol. The highest BCUT2D eigenvalue weighted by Gasteiger charge is 2.14. The number of rotatable bonds is 4. The summed E-state index contributed by atoms with van der Waals surface area (Å²) in [4.78, 5) is 11.4. The van der Waals surface area contributed by atoms with Gasteiger partial charge in [-0.1, -0.05) is 18.2 Å². The first kappa shape index (κ1) is 13.2. The molecule has 3 N–H and O–H groups in total. The van der Waals surface area contributed by atoms with Gasteiger partial charge in [-0.05, 0) is 31.5 Å². The highest BCUT2D eigenvalue weighted by Crippen LogP contribution is 2.20. The predicted octanol–water partition coefficient (Wildman–Crippen LogP) is 2.08. The lowest BCUT2D eigenvalue weighted by atomic mass is 10.2. The third kappa shape index (κ3) is 2.95. The molecule has 0 fully saturated rings. The lowest BCUT2D eigenvalue weighted by Crippen LogP contribution is -2.30. The molecule has 0 saturated carbocycles. The van der Waals surface area contributed by atoms with Crippen LogP contribution >= 0.6 is 0 Å². The van der Waals surface area contributed by atoms with Crippen molar-refractivity contribution in [3.63, 3.8) is 0 Å². The SMILES string of the molecule is Cc1ccccc1OCc1cc(C)c(C(=O)NN)o1. The smallest absolute Gasteiger partial charge is 0.301 e. The molecule has 19 heavy (non-hydrogen) atoms. The van der Waals surface area contributed by atoms with Gasteiger partial charge in [-0.25, -0.2) is 5.84 Å². The van der Waals surface area contributed by atoms with Crippen LogP contribution in [0.25, 0.3) is 0 Å². The van der Waals surface area contributed by atoms with Crippen molar-refractivity contribution in [2.24, 2.45) is 5.84 Å². The molecule has 2 aromatic rings. The number of nitrogens with one attached hydrogen (secondary N) is 1. The van der Waals surface area contributed by atoms with Crippen LogP contribution in [0.2, 0.25) is 0 Å². The number of para-hydroxylation sites is 1. The Morgan fingerprint density at radius 1 is 1.32 bits per heavy atom. The summed E-state index contributed by atoms with van der Waals surface area (Å²) in [5, 5.41) is 0. The molecule has 1 aromatic carbocycles. The minimum Gasteiger partial charge on any atom is -0.485 e. The lowest BCUT2D eigenvalue weighted by Gasteiger charge is -2.06. The summed E-state index contributed by atoms with van der Waals surface area (Å²) < 4.78 is 11.1. The van der Waals surface area contributed by atoms with Crippen molar-refractivity contribution in [1.29, 1.82) is 0 Å². The summed E-state index contributed by atoms with van der Waals surface area (Å²) in [5.41, 5.74) is 3.82. The van der Waals surface area contributed by atoms with Gasteiger partial charge in [-0.15, -0.1) is 0 Å². The Bertz CT molecular complexity index is 590. The van der Waals surface area contributed by atoms with Gasteiger partial charge in [0.15, 0.2) is 5.76 Å². The molecule has 1 amide bonds. The summed E-state index contributed by atoms with van der Waals surface area (Å²) in [7, 11) is 0. The zero-order valence-corrected chi connectivity index (χ0v) is 10.9. The van der Waals surface area contributed by atoms with Crippen molar-refractivity contribution < 1.29 is 13.9 Å². The number of hydrogen-bond acceptors (Lipinski definition) is 4. The molecule has 2 rings (SSSR count). The number of furan rings is 1. The van der Waals surface area contributed by atoms with Crippen LogP contribution in [0.1, 0.15) is 27.4 Å². The standard InChI is InChI=1S/C14H16N2O3/c1-9-5-3-4-6-12(9)18-8-11-7-10(2)13(19-11)14(17)16-15/h3-7H,8,15H2,1-2H3,(H,16,17). The Morgan fingerprint density at radius 2 is 2.05 bits per heavy atom. The fraction of sp³-hybridized carbons (Fsp3) is 0.214. The number of carbonyl (C=O) groups excluding carboxylic acids is 1. The van der Waals surface area contributed by atoms with E-state index in [9.17, 15) is 4.79 Å². The average Bonchev–Trinajstić information content (AvgIpc) is 2.78. The molecule has 0 aliphatic carbocycles. The van der Waals surface area contributed by atoms with Crippen LogP contribution in [0.5, 0.6) is 5.75 Å². The van der Waals surface area contributed by atoms with E-state index in [1.165, 1.54) is 0 Å². The van der Waals surface area contributed by atoms with Crippen LogP contribution in [0, 0.1) is 13.8 Å². The first-order chi connectivity index (χ1) is 9.11. The van der Waals surface area contributed by atoms with Gasteiger partial charge < -0.3 is 9.15 Å². The first-order valence-electron chi connectivity index (χ1n) is 5.90. The van der Waals surface area contributed by atoms with Crippen LogP contribution < -0.4 is 16.0 Å². The van der Waals surface area contributed by atoms with Gasteiger partial charge in [0, 0.05) is 5.56 Å². The fourth-order valence-corrected chi connectivity index (χ4v) is 1.78. The number of benzene rings is 1. The number of hydrogen-bond donors (Lipinski definition) is 2. The van der Waals surface area contributed by atoms with Crippen molar-refractivity contribution in [2.45, 2.75) is 20.5 Å². The molecule has 0 aliphatic rings. The maximum atomic E-state index is 11.4. The number of carbonyl (C=O) groups is 1. The number of aryl methyl sites for hydroxylation is 2. The highest BCUT2D eigenvalue weighted by atomic mass is 16.5. The lowest BCUT2D eigenvalue weighted by molar-refractivity contribution is 0.0921. The second-order valence-corrected chi connectivity index (χ2v) is 4.25. The van der Waals surface area contributed by atoms with Gasteiger partial charge in [0.1, 0.15) is 18.1 Å². The van der Waals surface area contributed by atoms with Crippen LogP contribution in [-0.2, 0) is 6.61 Å². The Morgan fingerprint density at radius 3 is 2.74 bits per heavy atom. The molecule has 0 radical (unpaired) electrons. The van der Waals surface area contributed by atoms with E-state index in [2.05, 4.69) is 0 Å². The van der Waals surface area contributed by atoms with E-state index in [1.54, 1.807) is 13.0 Å². The van der Waals surface area contributed by atoms with Crippen molar-refractivity contribution in [2.75, 3.05) is 0 Å². The maximum absolute atomic E-state index is 11.4. The average molecular weight is 260 g/mol. The van der Waals surface area contributed by atoms with E-state index >= 15 is 0 Å². The third-order valence-corrected chi connectivity index (χ3v) is 2.77.